The molecule has 3 rings (SSSR count). The Kier molecular flexibility index (Phi) is 5.47. The zero-order chi connectivity index (χ0) is 18.7. The van der Waals surface area contributed by atoms with Gasteiger partial charge < -0.3 is 9.84 Å². The van der Waals surface area contributed by atoms with Crippen LogP contribution in [0.25, 0.3) is 0 Å². The molecular weight excluding hydrogens is 344 g/mol. The Morgan fingerprint density at radius 3 is 2.58 bits per heavy atom. The van der Waals surface area contributed by atoms with Crippen LogP contribution in [0.5, 0.6) is 0 Å². The smallest absolute Gasteiger partial charge is 0.256 e. The molecule has 0 spiro atoms. The number of thioether (sulfide) groups is 1. The van der Waals surface area contributed by atoms with Crippen molar-refractivity contribution < 1.29 is 9.32 Å². The molecule has 0 fully saturated rings. The second-order valence-electron chi connectivity index (χ2n) is 6.36. The molecule has 0 unspecified atom stereocenters. The van der Waals surface area contributed by atoms with Crippen LogP contribution in [0.2, 0.25) is 0 Å². The molecule has 0 aliphatic carbocycles. The summed E-state index contributed by atoms with van der Waals surface area (Å²) in [6.45, 7) is 7.89. The topological polar surface area (TPSA) is 55.1 Å². The summed E-state index contributed by atoms with van der Waals surface area (Å²) in [5, 5.41) is 7.02. The molecule has 0 aliphatic heterocycles. The molecule has 2 aromatic carbocycles. The van der Waals surface area contributed by atoms with E-state index in [0.29, 0.717) is 5.56 Å². The van der Waals surface area contributed by atoms with Crippen molar-refractivity contribution in [1.82, 2.24) is 5.16 Å². The fraction of sp³-hybridized carbons (Fsp3) is 0.238. The van der Waals surface area contributed by atoms with E-state index in [0.717, 1.165) is 38.9 Å². The summed E-state index contributed by atoms with van der Waals surface area (Å²) in [7, 11) is 0. The minimum atomic E-state index is -0.0983. The van der Waals surface area contributed by atoms with Crippen molar-refractivity contribution in [2.45, 2.75) is 38.3 Å². The van der Waals surface area contributed by atoms with Gasteiger partial charge in [-0.15, -0.1) is 11.8 Å². The Hall–Kier alpha value is -2.53. The van der Waals surface area contributed by atoms with Gasteiger partial charge in [0.15, 0.2) is 0 Å². The fourth-order valence-corrected chi connectivity index (χ4v) is 3.98. The van der Waals surface area contributed by atoms with E-state index in [9.17, 15) is 4.79 Å². The van der Waals surface area contributed by atoms with Gasteiger partial charge in [0.2, 0.25) is 0 Å². The van der Waals surface area contributed by atoms with Crippen molar-refractivity contribution >= 4 is 23.4 Å². The standard InChI is InChI=1S/C21H22N2O2S/c1-13-9-10-19(14(2)11-13)22-21(24)17-7-5-6-8-20(17)26-12-18-15(3)23-25-16(18)4/h5-11H,12H2,1-4H3,(H,22,24). The van der Waals surface area contributed by atoms with Crippen molar-refractivity contribution in [1.29, 1.82) is 0 Å². The average molecular weight is 366 g/mol. The number of hydrogen-bond donors (Lipinski definition) is 1. The summed E-state index contributed by atoms with van der Waals surface area (Å²) in [6, 6.07) is 13.7. The first-order valence-electron chi connectivity index (χ1n) is 8.48. The number of aromatic nitrogens is 1. The minimum absolute atomic E-state index is 0.0983. The van der Waals surface area contributed by atoms with E-state index in [4.69, 9.17) is 4.52 Å². The number of aryl methyl sites for hydroxylation is 4. The average Bonchev–Trinajstić information content (AvgIpc) is 2.94. The predicted octanol–water partition coefficient (Wildman–Crippen LogP) is 5.45. The Balaban J connectivity index is 1.79. The molecule has 0 saturated carbocycles. The van der Waals surface area contributed by atoms with Gasteiger partial charge in [-0.05, 0) is 51.5 Å². The second kappa shape index (κ2) is 7.79. The van der Waals surface area contributed by atoms with Crippen molar-refractivity contribution in [3.8, 4) is 0 Å². The largest absolute Gasteiger partial charge is 0.361 e. The molecule has 134 valence electrons. The Morgan fingerprint density at radius 2 is 1.88 bits per heavy atom. The van der Waals surface area contributed by atoms with Crippen LogP contribution in [0, 0.1) is 27.7 Å². The second-order valence-corrected chi connectivity index (χ2v) is 7.38. The first-order valence-corrected chi connectivity index (χ1v) is 9.46. The predicted molar refractivity (Wildman–Crippen MR) is 106 cm³/mol. The van der Waals surface area contributed by atoms with Gasteiger partial charge in [0.1, 0.15) is 5.76 Å². The van der Waals surface area contributed by atoms with Gasteiger partial charge in [0.25, 0.3) is 5.91 Å². The van der Waals surface area contributed by atoms with Crippen LogP contribution < -0.4 is 5.32 Å². The summed E-state index contributed by atoms with van der Waals surface area (Å²) < 4.78 is 5.22. The Bertz CT molecular complexity index is 927. The van der Waals surface area contributed by atoms with E-state index in [-0.39, 0.29) is 5.91 Å². The first kappa shape index (κ1) is 18.3. The van der Waals surface area contributed by atoms with Crippen LogP contribution in [-0.2, 0) is 5.75 Å². The highest BCUT2D eigenvalue weighted by atomic mass is 32.2. The molecule has 3 aromatic rings. The zero-order valence-electron chi connectivity index (χ0n) is 15.4. The highest BCUT2D eigenvalue weighted by molar-refractivity contribution is 7.98. The first-order chi connectivity index (χ1) is 12.5. The Morgan fingerprint density at radius 1 is 1.12 bits per heavy atom. The minimum Gasteiger partial charge on any atom is -0.361 e. The van der Waals surface area contributed by atoms with Gasteiger partial charge in [-0.1, -0.05) is 35.0 Å². The van der Waals surface area contributed by atoms with Crippen molar-refractivity contribution in [2.75, 3.05) is 5.32 Å². The van der Waals surface area contributed by atoms with Gasteiger partial charge in [-0.2, -0.15) is 0 Å². The van der Waals surface area contributed by atoms with Crippen LogP contribution >= 0.6 is 11.8 Å². The van der Waals surface area contributed by atoms with Crippen molar-refractivity contribution in [3.05, 3.63) is 76.2 Å². The number of amides is 1. The third-order valence-electron chi connectivity index (χ3n) is 4.32. The number of benzene rings is 2. The van der Waals surface area contributed by atoms with Crippen LogP contribution in [0.1, 0.15) is 38.5 Å². The molecular formula is C21H22N2O2S. The lowest BCUT2D eigenvalue weighted by atomic mass is 10.1. The highest BCUT2D eigenvalue weighted by Crippen LogP contribution is 2.29. The van der Waals surface area contributed by atoms with Crippen molar-refractivity contribution in [3.63, 3.8) is 0 Å². The lowest BCUT2D eigenvalue weighted by molar-refractivity contribution is 0.102. The maximum atomic E-state index is 12.8. The summed E-state index contributed by atoms with van der Waals surface area (Å²) in [5.74, 6) is 1.45. The molecule has 0 saturated heterocycles. The Labute approximate surface area is 158 Å². The van der Waals surface area contributed by atoms with E-state index >= 15 is 0 Å². The van der Waals surface area contributed by atoms with Crippen LogP contribution in [-0.4, -0.2) is 11.1 Å². The molecule has 0 aliphatic rings. The summed E-state index contributed by atoms with van der Waals surface area (Å²) >= 11 is 1.62. The molecule has 1 aromatic heterocycles. The third-order valence-corrected chi connectivity index (χ3v) is 5.42. The van der Waals surface area contributed by atoms with Crippen molar-refractivity contribution in [2.24, 2.45) is 0 Å². The third kappa shape index (κ3) is 3.99. The van der Waals surface area contributed by atoms with Gasteiger partial charge in [-0.3, -0.25) is 4.79 Å². The van der Waals surface area contributed by atoms with Crippen LogP contribution in [0.4, 0.5) is 5.69 Å². The summed E-state index contributed by atoms with van der Waals surface area (Å²) in [5.41, 5.74) is 5.72. The molecule has 0 atom stereocenters. The quantitative estimate of drug-likeness (QED) is 0.610. The zero-order valence-corrected chi connectivity index (χ0v) is 16.2. The number of anilines is 1. The van der Waals surface area contributed by atoms with Gasteiger partial charge in [0, 0.05) is 21.9 Å². The van der Waals surface area contributed by atoms with Gasteiger partial charge in [-0.25, -0.2) is 0 Å². The maximum absolute atomic E-state index is 12.8. The number of nitrogens with zero attached hydrogens (tertiary/aromatic N) is 1. The highest BCUT2D eigenvalue weighted by Gasteiger charge is 2.15. The number of hydrogen-bond acceptors (Lipinski definition) is 4. The molecule has 26 heavy (non-hydrogen) atoms. The van der Waals surface area contributed by atoms with E-state index in [2.05, 4.69) is 16.5 Å². The number of carbonyl (C=O) groups excluding carboxylic acids is 1. The summed E-state index contributed by atoms with van der Waals surface area (Å²) in [6.07, 6.45) is 0. The molecule has 1 heterocycles. The van der Waals surface area contributed by atoms with E-state index in [1.165, 1.54) is 5.56 Å². The van der Waals surface area contributed by atoms with Crippen LogP contribution in [0.15, 0.2) is 51.9 Å². The van der Waals surface area contributed by atoms with E-state index in [1.807, 2.05) is 64.1 Å². The lowest BCUT2D eigenvalue weighted by Gasteiger charge is -2.12. The molecule has 0 radical (unpaired) electrons. The molecule has 4 nitrogen and oxygen atoms in total. The maximum Gasteiger partial charge on any atom is 0.256 e. The number of carbonyl (C=O) groups is 1. The number of rotatable bonds is 5. The van der Waals surface area contributed by atoms with E-state index in [1.54, 1.807) is 11.8 Å². The SMILES string of the molecule is Cc1ccc(NC(=O)c2ccccc2SCc2c(C)noc2C)c(C)c1. The van der Waals surface area contributed by atoms with Crippen LogP contribution in [0.3, 0.4) is 0 Å². The monoisotopic (exact) mass is 366 g/mol. The fourth-order valence-electron chi connectivity index (χ4n) is 2.78. The molecule has 1 N–H and O–H groups in total. The summed E-state index contributed by atoms with van der Waals surface area (Å²) in [4.78, 5) is 13.8. The molecule has 1 amide bonds. The molecule has 0 bridgehead atoms. The van der Waals surface area contributed by atoms with Gasteiger partial charge in [0.05, 0.1) is 11.3 Å². The molecule has 5 heteroatoms. The lowest BCUT2D eigenvalue weighted by Crippen LogP contribution is -2.13. The number of nitrogens with one attached hydrogen (secondary N) is 1. The van der Waals surface area contributed by atoms with E-state index < -0.39 is 0 Å². The van der Waals surface area contributed by atoms with Gasteiger partial charge >= 0.3 is 0 Å². The normalized spacial score (nSPS) is 10.8.